The molecule has 0 saturated carbocycles. The smallest absolute Gasteiger partial charge is 0.202 e. The molecule has 0 aromatic heterocycles. The third-order valence-electron chi connectivity index (χ3n) is 1.29. The molecule has 0 aromatic carbocycles. The maximum Gasteiger partial charge on any atom is 0.202 e. The predicted molar refractivity (Wildman–Crippen MR) is 38.0 cm³/mol. The van der Waals surface area contributed by atoms with Gasteiger partial charge in [-0.15, -0.1) is 0 Å². The van der Waals surface area contributed by atoms with E-state index in [-0.39, 0.29) is 23.0 Å². The van der Waals surface area contributed by atoms with Crippen LogP contribution in [0, 0.1) is 0 Å². The number of rotatable bonds is 0. The standard InChI is InChI=1S/C6H8O3S/c1-5-3-9-4-6(2)10(5,7)8/h1-4H2. The number of ether oxygens (including phenoxy) is 1. The highest BCUT2D eigenvalue weighted by Crippen LogP contribution is 2.19. The highest BCUT2D eigenvalue weighted by Gasteiger charge is 2.24. The quantitative estimate of drug-likeness (QED) is 0.517. The molecule has 1 heterocycles. The molecule has 10 heavy (non-hydrogen) atoms. The van der Waals surface area contributed by atoms with Crippen molar-refractivity contribution in [3.63, 3.8) is 0 Å². The Labute approximate surface area is 59.9 Å². The second-order valence-electron chi connectivity index (χ2n) is 2.07. The van der Waals surface area contributed by atoms with Crippen LogP contribution in [-0.2, 0) is 14.6 Å². The summed E-state index contributed by atoms with van der Waals surface area (Å²) in [5.74, 6) is 0. The van der Waals surface area contributed by atoms with E-state index >= 15 is 0 Å². The van der Waals surface area contributed by atoms with Gasteiger partial charge in [0.1, 0.15) is 0 Å². The van der Waals surface area contributed by atoms with Crippen LogP contribution in [0.15, 0.2) is 23.0 Å². The summed E-state index contributed by atoms with van der Waals surface area (Å²) in [7, 11) is -3.25. The molecule has 3 nitrogen and oxygen atoms in total. The van der Waals surface area contributed by atoms with Gasteiger partial charge in [-0.1, -0.05) is 13.2 Å². The minimum atomic E-state index is -3.25. The molecule has 0 aliphatic carbocycles. The van der Waals surface area contributed by atoms with E-state index < -0.39 is 9.84 Å². The number of hydrogen-bond acceptors (Lipinski definition) is 3. The monoisotopic (exact) mass is 160 g/mol. The van der Waals surface area contributed by atoms with Crippen molar-refractivity contribution >= 4 is 9.84 Å². The summed E-state index contributed by atoms with van der Waals surface area (Å²) in [5, 5.41) is 0. The molecule has 0 spiro atoms. The molecule has 0 amide bonds. The van der Waals surface area contributed by atoms with Crippen molar-refractivity contribution in [3.05, 3.63) is 23.0 Å². The zero-order chi connectivity index (χ0) is 7.78. The average Bonchev–Trinajstić information content (AvgIpc) is 1.84. The van der Waals surface area contributed by atoms with Crippen LogP contribution in [0.2, 0.25) is 0 Å². The maximum atomic E-state index is 11.0. The van der Waals surface area contributed by atoms with Gasteiger partial charge in [-0.2, -0.15) is 0 Å². The molecular formula is C6H8O3S. The Morgan fingerprint density at radius 3 is 1.90 bits per heavy atom. The van der Waals surface area contributed by atoms with E-state index in [0.29, 0.717) is 0 Å². The second kappa shape index (κ2) is 2.21. The highest BCUT2D eigenvalue weighted by atomic mass is 32.2. The molecule has 0 N–H and O–H groups in total. The average molecular weight is 160 g/mol. The largest absolute Gasteiger partial charge is 0.371 e. The fraction of sp³-hybridized carbons (Fsp3) is 0.333. The molecule has 1 aliphatic rings. The van der Waals surface area contributed by atoms with Gasteiger partial charge in [-0.25, -0.2) is 8.42 Å². The highest BCUT2D eigenvalue weighted by molar-refractivity contribution is 7.99. The fourth-order valence-corrected chi connectivity index (χ4v) is 1.52. The Hall–Kier alpha value is -0.610. The van der Waals surface area contributed by atoms with Crippen molar-refractivity contribution in [2.75, 3.05) is 13.2 Å². The topological polar surface area (TPSA) is 43.4 Å². The molecule has 1 rings (SSSR count). The van der Waals surface area contributed by atoms with Crippen molar-refractivity contribution < 1.29 is 13.2 Å². The van der Waals surface area contributed by atoms with Gasteiger partial charge in [-0.05, 0) is 0 Å². The van der Waals surface area contributed by atoms with Crippen LogP contribution in [0.4, 0.5) is 0 Å². The summed E-state index contributed by atoms with van der Waals surface area (Å²) in [6.07, 6.45) is 0. The first kappa shape index (κ1) is 7.50. The van der Waals surface area contributed by atoms with E-state index in [0.717, 1.165) is 0 Å². The van der Waals surface area contributed by atoms with Gasteiger partial charge in [0.2, 0.25) is 9.84 Å². The van der Waals surface area contributed by atoms with Crippen LogP contribution >= 0.6 is 0 Å². The molecule has 0 aromatic rings. The predicted octanol–water partition coefficient (Wildman–Crippen LogP) is 0.459. The summed E-state index contributed by atoms with van der Waals surface area (Å²) in [4.78, 5) is 0.201. The zero-order valence-corrected chi connectivity index (χ0v) is 6.28. The van der Waals surface area contributed by atoms with Crippen molar-refractivity contribution in [1.29, 1.82) is 0 Å². The summed E-state index contributed by atoms with van der Waals surface area (Å²) >= 11 is 0. The molecule has 0 bridgehead atoms. The Balaban J connectivity index is 3.07. The second-order valence-corrected chi connectivity index (χ2v) is 4.24. The first-order valence-corrected chi connectivity index (χ1v) is 4.22. The minimum Gasteiger partial charge on any atom is -0.371 e. The van der Waals surface area contributed by atoms with Crippen molar-refractivity contribution in [1.82, 2.24) is 0 Å². The Bertz CT molecular complexity index is 251. The van der Waals surface area contributed by atoms with E-state index in [4.69, 9.17) is 4.74 Å². The zero-order valence-electron chi connectivity index (χ0n) is 5.46. The van der Waals surface area contributed by atoms with Crippen LogP contribution in [0.25, 0.3) is 0 Å². The van der Waals surface area contributed by atoms with Crippen LogP contribution in [0.5, 0.6) is 0 Å². The van der Waals surface area contributed by atoms with E-state index in [1.54, 1.807) is 0 Å². The van der Waals surface area contributed by atoms with Crippen LogP contribution in [-0.4, -0.2) is 21.6 Å². The molecule has 1 fully saturated rings. The van der Waals surface area contributed by atoms with Crippen LogP contribution in [0.3, 0.4) is 0 Å². The molecule has 4 heteroatoms. The third kappa shape index (κ3) is 0.998. The molecule has 56 valence electrons. The lowest BCUT2D eigenvalue weighted by atomic mass is 10.6. The van der Waals surface area contributed by atoms with Gasteiger partial charge < -0.3 is 4.74 Å². The summed E-state index contributed by atoms with van der Waals surface area (Å²) in [5.41, 5.74) is 0. The lowest BCUT2D eigenvalue weighted by Crippen LogP contribution is -2.20. The number of sulfone groups is 1. The van der Waals surface area contributed by atoms with Crippen molar-refractivity contribution in [3.8, 4) is 0 Å². The van der Waals surface area contributed by atoms with Gasteiger partial charge in [0.15, 0.2) is 0 Å². The van der Waals surface area contributed by atoms with Crippen molar-refractivity contribution in [2.24, 2.45) is 0 Å². The fourth-order valence-electron chi connectivity index (χ4n) is 0.638. The van der Waals surface area contributed by atoms with Gasteiger partial charge in [0.05, 0.1) is 23.0 Å². The Morgan fingerprint density at radius 2 is 1.60 bits per heavy atom. The molecule has 1 saturated heterocycles. The SMILES string of the molecule is C=C1COCC(=C)S1(=O)=O. The van der Waals surface area contributed by atoms with Gasteiger partial charge >= 0.3 is 0 Å². The van der Waals surface area contributed by atoms with E-state index in [1.807, 2.05) is 0 Å². The van der Waals surface area contributed by atoms with E-state index in [1.165, 1.54) is 0 Å². The molecular weight excluding hydrogens is 152 g/mol. The lowest BCUT2D eigenvalue weighted by molar-refractivity contribution is 0.183. The van der Waals surface area contributed by atoms with Crippen LogP contribution < -0.4 is 0 Å². The minimum absolute atomic E-state index is 0.0986. The van der Waals surface area contributed by atoms with Gasteiger partial charge in [-0.3, -0.25) is 0 Å². The summed E-state index contributed by atoms with van der Waals surface area (Å²) in [6.45, 7) is 6.88. The lowest BCUT2D eigenvalue weighted by Gasteiger charge is -2.15. The normalized spacial score (nSPS) is 24.8. The Kier molecular flexibility index (Phi) is 1.66. The molecule has 1 aliphatic heterocycles. The Morgan fingerprint density at radius 1 is 1.20 bits per heavy atom. The molecule has 0 atom stereocenters. The molecule has 0 radical (unpaired) electrons. The van der Waals surface area contributed by atoms with Crippen LogP contribution in [0.1, 0.15) is 0 Å². The first-order chi connectivity index (χ1) is 4.55. The first-order valence-electron chi connectivity index (χ1n) is 2.73. The third-order valence-corrected chi connectivity index (χ3v) is 3.04. The number of hydrogen-bond donors (Lipinski definition) is 0. The van der Waals surface area contributed by atoms with E-state index in [2.05, 4.69) is 13.2 Å². The van der Waals surface area contributed by atoms with Gasteiger partial charge in [0.25, 0.3) is 0 Å². The maximum absolute atomic E-state index is 11.0. The van der Waals surface area contributed by atoms with Crippen molar-refractivity contribution in [2.45, 2.75) is 0 Å². The van der Waals surface area contributed by atoms with E-state index in [9.17, 15) is 8.42 Å². The summed E-state index contributed by atoms with van der Waals surface area (Å²) < 4.78 is 26.9. The summed E-state index contributed by atoms with van der Waals surface area (Å²) in [6, 6.07) is 0. The molecule has 0 unspecified atom stereocenters. The van der Waals surface area contributed by atoms with Gasteiger partial charge in [0, 0.05) is 0 Å².